The number of hydrogen-bond donors (Lipinski definition) is 2. The van der Waals surface area contributed by atoms with Gasteiger partial charge in [-0.25, -0.2) is 4.98 Å². The lowest BCUT2D eigenvalue weighted by molar-refractivity contribution is -0.136. The van der Waals surface area contributed by atoms with Crippen LogP contribution in [0.3, 0.4) is 0 Å². The number of alkyl halides is 3. The maximum Gasteiger partial charge on any atom is 0.418 e. The van der Waals surface area contributed by atoms with Gasteiger partial charge in [0.05, 0.1) is 12.7 Å². The number of benzene rings is 1. The number of anilines is 2. The summed E-state index contributed by atoms with van der Waals surface area (Å²) in [7, 11) is 1.50. The van der Waals surface area contributed by atoms with Gasteiger partial charge < -0.3 is 15.8 Å². The largest absolute Gasteiger partial charge is 0.481 e. The number of aromatic nitrogens is 1. The van der Waals surface area contributed by atoms with E-state index in [1.807, 2.05) is 0 Å². The second-order valence-electron chi connectivity index (χ2n) is 4.36. The minimum atomic E-state index is -4.47. The fourth-order valence-electron chi connectivity index (χ4n) is 1.79. The summed E-state index contributed by atoms with van der Waals surface area (Å²) in [6, 6.07) is 7.18. The van der Waals surface area contributed by atoms with Gasteiger partial charge in [-0.1, -0.05) is 0 Å². The van der Waals surface area contributed by atoms with Gasteiger partial charge in [0.25, 0.3) is 0 Å². The van der Waals surface area contributed by atoms with E-state index in [9.17, 15) is 13.2 Å². The van der Waals surface area contributed by atoms with Crippen molar-refractivity contribution in [3.8, 4) is 5.88 Å². The molecule has 0 saturated carbocycles. The standard InChI is InChI=1S/C14H14F3N3O/c1-21-13-6-9(4-5-19-13)8-20-10-2-3-12(18)11(7-10)14(15,16)17/h2-7,20H,8,18H2,1H3. The zero-order valence-corrected chi connectivity index (χ0v) is 11.2. The van der Waals surface area contributed by atoms with Crippen LogP contribution in [0.1, 0.15) is 11.1 Å². The Morgan fingerprint density at radius 3 is 2.67 bits per heavy atom. The van der Waals surface area contributed by atoms with E-state index in [1.165, 1.54) is 19.2 Å². The molecule has 21 heavy (non-hydrogen) atoms. The number of nitrogen functional groups attached to an aromatic ring is 1. The molecule has 1 heterocycles. The Labute approximate surface area is 119 Å². The molecular formula is C14H14F3N3O. The molecule has 4 nitrogen and oxygen atoms in total. The molecule has 3 N–H and O–H groups in total. The Bertz CT molecular complexity index is 629. The molecule has 0 spiro atoms. The SMILES string of the molecule is COc1cc(CNc2ccc(N)c(C(F)(F)F)c2)ccn1. The third kappa shape index (κ3) is 3.77. The number of rotatable bonds is 4. The van der Waals surface area contributed by atoms with Crippen molar-refractivity contribution in [2.45, 2.75) is 12.7 Å². The lowest BCUT2D eigenvalue weighted by atomic mass is 10.1. The predicted octanol–water partition coefficient (Wildman–Crippen LogP) is 3.30. The molecule has 0 saturated heterocycles. The van der Waals surface area contributed by atoms with Crippen molar-refractivity contribution in [2.24, 2.45) is 0 Å². The van der Waals surface area contributed by atoms with Crippen LogP contribution < -0.4 is 15.8 Å². The maximum absolute atomic E-state index is 12.8. The van der Waals surface area contributed by atoms with Crippen LogP contribution in [0.15, 0.2) is 36.5 Å². The molecule has 0 atom stereocenters. The summed E-state index contributed by atoms with van der Waals surface area (Å²) in [6.45, 7) is 0.347. The van der Waals surface area contributed by atoms with Gasteiger partial charge in [-0.3, -0.25) is 0 Å². The van der Waals surface area contributed by atoms with Crippen LogP contribution >= 0.6 is 0 Å². The molecule has 0 aliphatic heterocycles. The first kappa shape index (κ1) is 15.0. The maximum atomic E-state index is 12.8. The van der Waals surface area contributed by atoms with E-state index in [4.69, 9.17) is 10.5 Å². The predicted molar refractivity (Wildman–Crippen MR) is 74.0 cm³/mol. The Balaban J connectivity index is 2.13. The lowest BCUT2D eigenvalue weighted by Gasteiger charge is -2.13. The Morgan fingerprint density at radius 1 is 1.24 bits per heavy atom. The monoisotopic (exact) mass is 297 g/mol. The molecule has 112 valence electrons. The van der Waals surface area contributed by atoms with E-state index in [0.29, 0.717) is 18.1 Å². The van der Waals surface area contributed by atoms with Crippen molar-refractivity contribution in [3.63, 3.8) is 0 Å². The smallest absolute Gasteiger partial charge is 0.418 e. The lowest BCUT2D eigenvalue weighted by Crippen LogP contribution is -2.10. The normalized spacial score (nSPS) is 11.2. The molecule has 0 radical (unpaired) electrons. The van der Waals surface area contributed by atoms with Crippen LogP contribution in [0.25, 0.3) is 0 Å². The minimum Gasteiger partial charge on any atom is -0.481 e. The molecule has 2 aromatic rings. The molecule has 0 bridgehead atoms. The number of nitrogens with two attached hydrogens (primary N) is 1. The summed E-state index contributed by atoms with van der Waals surface area (Å²) in [5.41, 5.74) is 5.39. The van der Waals surface area contributed by atoms with Gasteiger partial charge in [-0.15, -0.1) is 0 Å². The number of nitrogens with one attached hydrogen (secondary N) is 1. The van der Waals surface area contributed by atoms with Crippen molar-refractivity contribution < 1.29 is 17.9 Å². The topological polar surface area (TPSA) is 60.2 Å². The summed E-state index contributed by atoms with van der Waals surface area (Å²) in [4.78, 5) is 3.96. The Kier molecular flexibility index (Phi) is 4.21. The van der Waals surface area contributed by atoms with Crippen molar-refractivity contribution in [2.75, 3.05) is 18.2 Å². The quantitative estimate of drug-likeness (QED) is 0.850. The minimum absolute atomic E-state index is 0.293. The van der Waals surface area contributed by atoms with Crippen LogP contribution in [-0.4, -0.2) is 12.1 Å². The van der Waals surface area contributed by atoms with E-state index in [2.05, 4.69) is 10.3 Å². The third-order valence-electron chi connectivity index (χ3n) is 2.86. The molecule has 0 amide bonds. The van der Waals surface area contributed by atoms with Crippen LogP contribution in [0.4, 0.5) is 24.5 Å². The summed E-state index contributed by atoms with van der Waals surface area (Å²) >= 11 is 0. The Hall–Kier alpha value is -2.44. The summed E-state index contributed by atoms with van der Waals surface area (Å²) in [6.07, 6.45) is -2.90. The van der Waals surface area contributed by atoms with E-state index in [-0.39, 0.29) is 5.69 Å². The number of ether oxygens (including phenoxy) is 1. The van der Waals surface area contributed by atoms with Crippen molar-refractivity contribution in [1.29, 1.82) is 0 Å². The fourth-order valence-corrected chi connectivity index (χ4v) is 1.79. The number of nitrogens with zero attached hydrogens (tertiary/aromatic N) is 1. The number of methoxy groups -OCH3 is 1. The molecule has 2 rings (SSSR count). The third-order valence-corrected chi connectivity index (χ3v) is 2.86. The Morgan fingerprint density at radius 2 is 2.00 bits per heavy atom. The second-order valence-corrected chi connectivity index (χ2v) is 4.36. The van der Waals surface area contributed by atoms with Crippen LogP contribution in [0, 0.1) is 0 Å². The molecule has 1 aromatic carbocycles. The van der Waals surface area contributed by atoms with Crippen molar-refractivity contribution in [1.82, 2.24) is 4.98 Å². The average molecular weight is 297 g/mol. The molecule has 0 fully saturated rings. The first-order valence-corrected chi connectivity index (χ1v) is 6.09. The fraction of sp³-hybridized carbons (Fsp3) is 0.214. The van der Waals surface area contributed by atoms with Crippen LogP contribution in [-0.2, 0) is 12.7 Å². The highest BCUT2D eigenvalue weighted by Crippen LogP contribution is 2.35. The zero-order valence-electron chi connectivity index (χ0n) is 11.2. The average Bonchev–Trinajstić information content (AvgIpc) is 2.45. The van der Waals surface area contributed by atoms with Gasteiger partial charge in [-0.2, -0.15) is 13.2 Å². The highest BCUT2D eigenvalue weighted by atomic mass is 19.4. The molecule has 0 aliphatic carbocycles. The summed E-state index contributed by atoms with van der Waals surface area (Å²) in [5, 5.41) is 2.91. The number of hydrogen-bond acceptors (Lipinski definition) is 4. The number of halogens is 3. The van der Waals surface area contributed by atoms with Gasteiger partial charge in [0.2, 0.25) is 5.88 Å². The van der Waals surface area contributed by atoms with Gasteiger partial charge in [0, 0.05) is 30.2 Å². The van der Waals surface area contributed by atoms with E-state index in [1.54, 1.807) is 18.3 Å². The first-order valence-electron chi connectivity index (χ1n) is 6.09. The van der Waals surface area contributed by atoms with E-state index < -0.39 is 11.7 Å². The van der Waals surface area contributed by atoms with E-state index in [0.717, 1.165) is 11.6 Å². The van der Waals surface area contributed by atoms with Crippen molar-refractivity contribution in [3.05, 3.63) is 47.7 Å². The molecule has 0 aliphatic rings. The van der Waals surface area contributed by atoms with Crippen LogP contribution in [0.2, 0.25) is 0 Å². The molecule has 1 aromatic heterocycles. The van der Waals surface area contributed by atoms with Crippen molar-refractivity contribution >= 4 is 11.4 Å². The molecular weight excluding hydrogens is 283 g/mol. The number of pyridine rings is 1. The van der Waals surface area contributed by atoms with Gasteiger partial charge in [0.1, 0.15) is 0 Å². The van der Waals surface area contributed by atoms with E-state index >= 15 is 0 Å². The van der Waals surface area contributed by atoms with Crippen LogP contribution in [0.5, 0.6) is 5.88 Å². The molecule has 0 unspecified atom stereocenters. The van der Waals surface area contributed by atoms with Gasteiger partial charge in [0.15, 0.2) is 0 Å². The summed E-state index contributed by atoms with van der Waals surface area (Å²) < 4.78 is 43.3. The highest BCUT2D eigenvalue weighted by Gasteiger charge is 2.33. The molecule has 7 heteroatoms. The second kappa shape index (κ2) is 5.90. The first-order chi connectivity index (χ1) is 9.90. The zero-order chi connectivity index (χ0) is 15.5. The highest BCUT2D eigenvalue weighted by molar-refractivity contribution is 5.58. The van der Waals surface area contributed by atoms with Gasteiger partial charge in [-0.05, 0) is 29.8 Å². The van der Waals surface area contributed by atoms with Gasteiger partial charge >= 0.3 is 6.18 Å². The summed E-state index contributed by atoms with van der Waals surface area (Å²) in [5.74, 6) is 0.447.